The van der Waals surface area contributed by atoms with E-state index in [9.17, 15) is 13.2 Å². The fraction of sp³-hybridized carbons (Fsp3) is 0.409. The second-order valence-corrected chi connectivity index (χ2v) is 10.8. The van der Waals surface area contributed by atoms with Gasteiger partial charge in [0.15, 0.2) is 0 Å². The minimum Gasteiger partial charge on any atom is -0.349 e. The van der Waals surface area contributed by atoms with Gasteiger partial charge in [-0.25, -0.2) is 8.42 Å². The highest BCUT2D eigenvalue weighted by Crippen LogP contribution is 2.41. The first-order chi connectivity index (χ1) is 14.3. The van der Waals surface area contributed by atoms with Crippen LogP contribution in [-0.4, -0.2) is 31.7 Å². The van der Waals surface area contributed by atoms with E-state index in [1.807, 2.05) is 24.3 Å². The molecule has 1 saturated carbocycles. The third-order valence-electron chi connectivity index (χ3n) is 5.90. The zero-order valence-corrected chi connectivity index (χ0v) is 18.8. The number of sulfonamides is 1. The van der Waals surface area contributed by atoms with E-state index in [1.54, 1.807) is 12.1 Å². The van der Waals surface area contributed by atoms with Crippen molar-refractivity contribution >= 4 is 39.1 Å². The minimum absolute atomic E-state index is 0.00499. The quantitative estimate of drug-likeness (QED) is 0.672. The lowest BCUT2D eigenvalue weighted by atomic mass is 9.95. The van der Waals surface area contributed by atoms with E-state index in [0.717, 1.165) is 18.4 Å². The summed E-state index contributed by atoms with van der Waals surface area (Å²) in [6.07, 6.45) is 3.23. The second kappa shape index (κ2) is 8.87. The SMILES string of the molecule is O=C(N[C@@H](c1ccc(Cl)cc1)C1CC1)C1CCN(S(=O)(=O)c2ccc(Cl)cc2)CC1. The molecule has 160 valence electrons. The van der Waals surface area contributed by atoms with E-state index in [0.29, 0.717) is 41.9 Å². The maximum absolute atomic E-state index is 12.9. The lowest BCUT2D eigenvalue weighted by Gasteiger charge is -2.31. The summed E-state index contributed by atoms with van der Waals surface area (Å²) in [6.45, 7) is 0.663. The van der Waals surface area contributed by atoms with Gasteiger partial charge >= 0.3 is 0 Å². The molecule has 2 aromatic rings. The van der Waals surface area contributed by atoms with Crippen LogP contribution in [0.25, 0.3) is 0 Å². The lowest BCUT2D eigenvalue weighted by molar-refractivity contribution is -0.127. The molecule has 4 rings (SSSR count). The van der Waals surface area contributed by atoms with Crippen molar-refractivity contribution in [3.63, 3.8) is 0 Å². The average molecular weight is 467 g/mol. The number of carbonyl (C=O) groups excluding carboxylic acids is 1. The van der Waals surface area contributed by atoms with Crippen molar-refractivity contribution in [3.05, 3.63) is 64.1 Å². The van der Waals surface area contributed by atoms with Gasteiger partial charge in [0.2, 0.25) is 15.9 Å². The molecular formula is C22H24Cl2N2O3S. The van der Waals surface area contributed by atoms with Crippen LogP contribution in [-0.2, 0) is 14.8 Å². The number of hydrogen-bond donors (Lipinski definition) is 1. The van der Waals surface area contributed by atoms with E-state index >= 15 is 0 Å². The van der Waals surface area contributed by atoms with E-state index in [4.69, 9.17) is 23.2 Å². The van der Waals surface area contributed by atoms with Gasteiger partial charge in [-0.1, -0.05) is 35.3 Å². The molecule has 0 bridgehead atoms. The predicted molar refractivity (Wildman–Crippen MR) is 118 cm³/mol. The third kappa shape index (κ3) is 4.83. The van der Waals surface area contributed by atoms with Gasteiger partial charge in [0.25, 0.3) is 0 Å². The van der Waals surface area contributed by atoms with Crippen molar-refractivity contribution in [1.82, 2.24) is 9.62 Å². The molecular weight excluding hydrogens is 443 g/mol. The molecule has 8 heteroatoms. The van der Waals surface area contributed by atoms with Crippen molar-refractivity contribution in [1.29, 1.82) is 0 Å². The summed E-state index contributed by atoms with van der Waals surface area (Å²) >= 11 is 11.9. The Hall–Kier alpha value is -1.60. The first-order valence-electron chi connectivity index (χ1n) is 10.2. The Morgan fingerprint density at radius 3 is 1.97 bits per heavy atom. The molecule has 1 aliphatic heterocycles. The van der Waals surface area contributed by atoms with Crippen LogP contribution in [0.4, 0.5) is 0 Å². The van der Waals surface area contributed by atoms with Crippen LogP contribution in [0.2, 0.25) is 10.0 Å². The maximum atomic E-state index is 12.9. The summed E-state index contributed by atoms with van der Waals surface area (Å²) in [4.78, 5) is 13.2. The fourth-order valence-electron chi connectivity index (χ4n) is 3.96. The molecule has 1 amide bonds. The zero-order valence-electron chi connectivity index (χ0n) is 16.4. The van der Waals surface area contributed by atoms with Crippen LogP contribution >= 0.6 is 23.2 Å². The summed E-state index contributed by atoms with van der Waals surface area (Å²) in [7, 11) is -3.57. The van der Waals surface area contributed by atoms with Gasteiger partial charge < -0.3 is 5.32 Å². The average Bonchev–Trinajstić information content (AvgIpc) is 3.58. The molecule has 1 aliphatic carbocycles. The Morgan fingerprint density at radius 2 is 1.43 bits per heavy atom. The minimum atomic E-state index is -3.57. The number of halogens is 2. The van der Waals surface area contributed by atoms with E-state index in [-0.39, 0.29) is 22.8 Å². The molecule has 2 aliphatic rings. The van der Waals surface area contributed by atoms with Crippen LogP contribution < -0.4 is 5.32 Å². The molecule has 0 spiro atoms. The van der Waals surface area contributed by atoms with Crippen molar-refractivity contribution in [2.75, 3.05) is 13.1 Å². The number of benzene rings is 2. The highest BCUT2D eigenvalue weighted by Gasteiger charge is 2.36. The molecule has 1 N–H and O–H groups in total. The molecule has 1 heterocycles. The second-order valence-electron chi connectivity index (χ2n) is 8.01. The number of amides is 1. The molecule has 1 atom stereocenters. The van der Waals surface area contributed by atoms with Crippen LogP contribution in [0.5, 0.6) is 0 Å². The third-order valence-corrected chi connectivity index (χ3v) is 8.31. The van der Waals surface area contributed by atoms with Gasteiger partial charge in [0.05, 0.1) is 10.9 Å². The van der Waals surface area contributed by atoms with E-state index in [2.05, 4.69) is 5.32 Å². The van der Waals surface area contributed by atoms with Crippen molar-refractivity contribution in [3.8, 4) is 0 Å². The number of rotatable bonds is 6. The fourth-order valence-corrected chi connectivity index (χ4v) is 5.68. The van der Waals surface area contributed by atoms with E-state index < -0.39 is 10.0 Å². The molecule has 5 nitrogen and oxygen atoms in total. The van der Waals surface area contributed by atoms with Crippen molar-refractivity contribution in [2.45, 2.75) is 36.6 Å². The summed E-state index contributed by atoms with van der Waals surface area (Å²) in [6, 6.07) is 13.8. The number of nitrogens with one attached hydrogen (secondary N) is 1. The van der Waals surface area contributed by atoms with Gasteiger partial charge in [-0.3, -0.25) is 4.79 Å². The number of hydrogen-bond acceptors (Lipinski definition) is 3. The first kappa shape index (κ1) is 21.6. The summed E-state index contributed by atoms with van der Waals surface area (Å²) in [5.74, 6) is 0.279. The zero-order chi connectivity index (χ0) is 21.3. The number of piperidine rings is 1. The molecule has 30 heavy (non-hydrogen) atoms. The maximum Gasteiger partial charge on any atom is 0.243 e. The van der Waals surface area contributed by atoms with Crippen molar-refractivity contribution in [2.24, 2.45) is 11.8 Å². The summed E-state index contributed by atoms with van der Waals surface area (Å²) in [5, 5.41) is 4.38. The number of nitrogens with zero attached hydrogens (tertiary/aromatic N) is 1. The summed E-state index contributed by atoms with van der Waals surface area (Å²) < 4.78 is 27.1. The van der Waals surface area contributed by atoms with Gasteiger partial charge in [-0.2, -0.15) is 4.31 Å². The Kier molecular flexibility index (Phi) is 6.39. The van der Waals surface area contributed by atoms with Gasteiger partial charge in [-0.05, 0) is 73.6 Å². The normalized spacial score (nSPS) is 19.4. The van der Waals surface area contributed by atoms with Crippen molar-refractivity contribution < 1.29 is 13.2 Å². The first-order valence-corrected chi connectivity index (χ1v) is 12.4. The highest BCUT2D eigenvalue weighted by atomic mass is 35.5. The van der Waals surface area contributed by atoms with Crippen LogP contribution in [0, 0.1) is 11.8 Å². The van der Waals surface area contributed by atoms with Crippen LogP contribution in [0.15, 0.2) is 53.4 Å². The van der Waals surface area contributed by atoms with Gasteiger partial charge in [0, 0.05) is 29.1 Å². The largest absolute Gasteiger partial charge is 0.349 e. The van der Waals surface area contributed by atoms with E-state index in [1.165, 1.54) is 16.4 Å². The molecule has 2 fully saturated rings. The smallest absolute Gasteiger partial charge is 0.243 e. The summed E-state index contributed by atoms with van der Waals surface area (Å²) in [5.41, 5.74) is 1.07. The Morgan fingerprint density at radius 1 is 0.900 bits per heavy atom. The molecule has 2 aromatic carbocycles. The van der Waals surface area contributed by atoms with Crippen LogP contribution in [0.3, 0.4) is 0 Å². The predicted octanol–water partition coefficient (Wildman–Crippen LogP) is 4.66. The van der Waals surface area contributed by atoms with Gasteiger partial charge in [-0.15, -0.1) is 0 Å². The Labute approximate surface area is 187 Å². The molecule has 0 unspecified atom stereocenters. The van der Waals surface area contributed by atoms with Gasteiger partial charge in [0.1, 0.15) is 0 Å². The highest BCUT2D eigenvalue weighted by molar-refractivity contribution is 7.89. The standard InChI is InChI=1S/C22H24Cl2N2O3S/c23-18-5-3-16(4-6-18)21(15-1-2-15)25-22(27)17-11-13-26(14-12-17)30(28,29)20-9-7-19(24)8-10-20/h3-10,15,17,21H,1-2,11-14H2,(H,25,27)/t21-/m1/s1. The lowest BCUT2D eigenvalue weighted by Crippen LogP contribution is -2.43. The topological polar surface area (TPSA) is 66.5 Å². The monoisotopic (exact) mass is 466 g/mol. The van der Waals surface area contributed by atoms with Crippen LogP contribution in [0.1, 0.15) is 37.3 Å². The number of carbonyl (C=O) groups is 1. The molecule has 1 saturated heterocycles. The Balaban J connectivity index is 1.38. The Bertz CT molecular complexity index is 998. The molecule has 0 aromatic heterocycles. The molecule has 0 radical (unpaired) electrons.